The molecule has 6 heteroatoms. The van der Waals surface area contributed by atoms with Gasteiger partial charge in [-0.2, -0.15) is 5.10 Å². The Bertz CT molecular complexity index is 557. The van der Waals surface area contributed by atoms with Crippen molar-refractivity contribution in [3.8, 4) is 11.4 Å². The van der Waals surface area contributed by atoms with Crippen LogP contribution in [0.15, 0.2) is 24.3 Å². The quantitative estimate of drug-likeness (QED) is 0.647. The van der Waals surface area contributed by atoms with Crippen molar-refractivity contribution >= 4 is 5.69 Å². The second-order valence-corrected chi connectivity index (χ2v) is 4.12. The number of nitro groups is 1. The second kappa shape index (κ2) is 3.65. The Balaban J connectivity index is 1.89. The van der Waals surface area contributed by atoms with E-state index in [9.17, 15) is 10.1 Å². The lowest BCUT2D eigenvalue weighted by Crippen LogP contribution is -1.88. The topological polar surface area (TPSA) is 84.7 Å². The molecule has 1 aromatic carbocycles. The SMILES string of the molecule is O=[N+]([O-])c1ccc(-c2n[nH]c(C3CC3)n2)cc1. The molecule has 17 heavy (non-hydrogen) atoms. The zero-order chi connectivity index (χ0) is 11.8. The smallest absolute Gasteiger partial charge is 0.262 e. The highest BCUT2D eigenvalue weighted by atomic mass is 16.6. The molecule has 1 fully saturated rings. The van der Waals surface area contributed by atoms with Crippen molar-refractivity contribution in [2.24, 2.45) is 0 Å². The van der Waals surface area contributed by atoms with Gasteiger partial charge in [-0.05, 0) is 25.0 Å². The number of benzene rings is 1. The summed E-state index contributed by atoms with van der Waals surface area (Å²) in [6.45, 7) is 0. The van der Waals surface area contributed by atoms with E-state index in [2.05, 4.69) is 15.2 Å². The lowest BCUT2D eigenvalue weighted by atomic mass is 10.2. The minimum atomic E-state index is -0.419. The Morgan fingerprint density at radius 1 is 1.29 bits per heavy atom. The molecule has 1 aliphatic carbocycles. The molecule has 0 aliphatic heterocycles. The second-order valence-electron chi connectivity index (χ2n) is 4.12. The molecule has 6 nitrogen and oxygen atoms in total. The van der Waals surface area contributed by atoms with Gasteiger partial charge in [0, 0.05) is 23.6 Å². The van der Waals surface area contributed by atoms with Crippen LogP contribution in [-0.4, -0.2) is 20.1 Å². The summed E-state index contributed by atoms with van der Waals surface area (Å²) < 4.78 is 0. The first-order valence-corrected chi connectivity index (χ1v) is 5.41. The largest absolute Gasteiger partial charge is 0.269 e. The number of H-pyrrole nitrogens is 1. The summed E-state index contributed by atoms with van der Waals surface area (Å²) in [5.41, 5.74) is 0.866. The van der Waals surface area contributed by atoms with Crippen LogP contribution in [0.1, 0.15) is 24.6 Å². The number of rotatable bonds is 3. The lowest BCUT2D eigenvalue weighted by Gasteiger charge is -1.94. The number of hydrogen-bond acceptors (Lipinski definition) is 4. The van der Waals surface area contributed by atoms with Crippen LogP contribution in [0.4, 0.5) is 5.69 Å². The number of nitro benzene ring substituents is 1. The zero-order valence-corrected chi connectivity index (χ0v) is 8.96. The van der Waals surface area contributed by atoms with Crippen molar-refractivity contribution in [2.75, 3.05) is 0 Å². The van der Waals surface area contributed by atoms with E-state index in [1.54, 1.807) is 12.1 Å². The highest BCUT2D eigenvalue weighted by Gasteiger charge is 2.27. The monoisotopic (exact) mass is 230 g/mol. The van der Waals surface area contributed by atoms with E-state index in [0.717, 1.165) is 24.2 Å². The molecule has 0 spiro atoms. The maximum Gasteiger partial charge on any atom is 0.269 e. The van der Waals surface area contributed by atoms with Gasteiger partial charge in [0.25, 0.3) is 5.69 Å². The molecule has 0 amide bonds. The van der Waals surface area contributed by atoms with Crippen LogP contribution < -0.4 is 0 Å². The van der Waals surface area contributed by atoms with Gasteiger partial charge in [0.2, 0.25) is 0 Å². The first-order valence-electron chi connectivity index (χ1n) is 5.41. The van der Waals surface area contributed by atoms with E-state index in [-0.39, 0.29) is 5.69 Å². The molecule has 0 atom stereocenters. The van der Waals surface area contributed by atoms with Gasteiger partial charge in [0.15, 0.2) is 5.82 Å². The summed E-state index contributed by atoms with van der Waals surface area (Å²) in [5, 5.41) is 17.5. The number of nitrogens with one attached hydrogen (secondary N) is 1. The summed E-state index contributed by atoms with van der Waals surface area (Å²) in [4.78, 5) is 14.5. The van der Waals surface area contributed by atoms with Crippen molar-refractivity contribution in [3.05, 3.63) is 40.2 Å². The standard InChI is InChI=1S/C11H10N4O2/c16-15(17)9-5-3-8(4-6-9)11-12-10(13-14-11)7-1-2-7/h3-7H,1-2H2,(H,12,13,14). The molecule has 1 saturated carbocycles. The van der Waals surface area contributed by atoms with Crippen LogP contribution >= 0.6 is 0 Å². The summed E-state index contributed by atoms with van der Waals surface area (Å²) in [7, 11) is 0. The molecule has 1 N–H and O–H groups in total. The van der Waals surface area contributed by atoms with Gasteiger partial charge in [-0.25, -0.2) is 4.98 Å². The van der Waals surface area contributed by atoms with Gasteiger partial charge in [0.1, 0.15) is 5.82 Å². The molecule has 3 rings (SSSR count). The number of aromatic nitrogens is 3. The van der Waals surface area contributed by atoms with Crippen LogP contribution in [0.5, 0.6) is 0 Å². The minimum Gasteiger partial charge on any atom is -0.262 e. The maximum atomic E-state index is 10.5. The summed E-state index contributed by atoms with van der Waals surface area (Å²) in [5.74, 6) is 2.04. The molecule has 1 aromatic heterocycles. The highest BCUT2D eigenvalue weighted by Crippen LogP contribution is 2.38. The summed E-state index contributed by atoms with van der Waals surface area (Å²) in [6.07, 6.45) is 2.32. The van der Waals surface area contributed by atoms with Gasteiger partial charge in [-0.1, -0.05) is 0 Å². The number of hydrogen-bond donors (Lipinski definition) is 1. The molecule has 1 aliphatic rings. The Morgan fingerprint density at radius 2 is 2.00 bits per heavy atom. The predicted octanol–water partition coefficient (Wildman–Crippen LogP) is 2.26. The lowest BCUT2D eigenvalue weighted by molar-refractivity contribution is -0.384. The van der Waals surface area contributed by atoms with Crippen LogP contribution in [-0.2, 0) is 0 Å². The van der Waals surface area contributed by atoms with Crippen LogP contribution in [0.2, 0.25) is 0 Å². The third kappa shape index (κ3) is 1.89. The van der Waals surface area contributed by atoms with E-state index in [0.29, 0.717) is 11.7 Å². The maximum absolute atomic E-state index is 10.5. The zero-order valence-electron chi connectivity index (χ0n) is 8.96. The van der Waals surface area contributed by atoms with Crippen molar-refractivity contribution in [1.82, 2.24) is 15.2 Å². The van der Waals surface area contributed by atoms with Gasteiger partial charge in [-0.3, -0.25) is 15.2 Å². The average molecular weight is 230 g/mol. The van der Waals surface area contributed by atoms with Crippen molar-refractivity contribution in [2.45, 2.75) is 18.8 Å². The molecule has 0 unspecified atom stereocenters. The Morgan fingerprint density at radius 3 is 2.59 bits per heavy atom. The van der Waals surface area contributed by atoms with E-state index in [1.165, 1.54) is 12.1 Å². The van der Waals surface area contributed by atoms with Gasteiger partial charge >= 0.3 is 0 Å². The van der Waals surface area contributed by atoms with E-state index in [1.807, 2.05) is 0 Å². The minimum absolute atomic E-state index is 0.0757. The van der Waals surface area contributed by atoms with Gasteiger partial charge in [-0.15, -0.1) is 0 Å². The summed E-state index contributed by atoms with van der Waals surface area (Å²) >= 11 is 0. The molecule has 0 bridgehead atoms. The molecular weight excluding hydrogens is 220 g/mol. The molecular formula is C11H10N4O2. The predicted molar refractivity (Wildman–Crippen MR) is 60.4 cm³/mol. The number of nitrogens with zero attached hydrogens (tertiary/aromatic N) is 3. The van der Waals surface area contributed by atoms with Crippen LogP contribution in [0.25, 0.3) is 11.4 Å². The fourth-order valence-electron chi connectivity index (χ4n) is 1.67. The Hall–Kier alpha value is -2.24. The third-order valence-electron chi connectivity index (χ3n) is 2.80. The van der Waals surface area contributed by atoms with Gasteiger partial charge in [0.05, 0.1) is 4.92 Å². The van der Waals surface area contributed by atoms with Crippen molar-refractivity contribution in [1.29, 1.82) is 0 Å². The molecule has 2 aromatic rings. The first-order chi connectivity index (χ1) is 8.24. The molecule has 0 saturated heterocycles. The van der Waals surface area contributed by atoms with Crippen molar-refractivity contribution in [3.63, 3.8) is 0 Å². The third-order valence-corrected chi connectivity index (χ3v) is 2.80. The van der Waals surface area contributed by atoms with E-state index >= 15 is 0 Å². The first kappa shape index (κ1) is 9.95. The number of aromatic amines is 1. The summed E-state index contributed by atoms with van der Waals surface area (Å²) in [6, 6.07) is 6.25. The normalized spacial score (nSPS) is 14.8. The average Bonchev–Trinajstić information content (AvgIpc) is 3.07. The Kier molecular flexibility index (Phi) is 2.14. The van der Waals surface area contributed by atoms with Crippen molar-refractivity contribution < 1.29 is 4.92 Å². The molecule has 0 radical (unpaired) electrons. The molecule has 86 valence electrons. The van der Waals surface area contributed by atoms with Crippen LogP contribution in [0, 0.1) is 10.1 Å². The Labute approximate surface area is 96.8 Å². The molecule has 1 heterocycles. The fraction of sp³-hybridized carbons (Fsp3) is 0.273. The fourth-order valence-corrected chi connectivity index (χ4v) is 1.67. The van der Waals surface area contributed by atoms with Gasteiger partial charge < -0.3 is 0 Å². The van der Waals surface area contributed by atoms with E-state index < -0.39 is 4.92 Å². The highest BCUT2D eigenvalue weighted by molar-refractivity contribution is 5.57. The van der Waals surface area contributed by atoms with Crippen LogP contribution in [0.3, 0.4) is 0 Å². The van der Waals surface area contributed by atoms with E-state index in [4.69, 9.17) is 0 Å². The number of non-ortho nitro benzene ring substituents is 1.